The van der Waals surface area contributed by atoms with Gasteiger partial charge in [-0.05, 0) is 24.1 Å². The minimum atomic E-state index is -4.07. The van der Waals surface area contributed by atoms with Crippen LogP contribution >= 0.6 is 34.5 Å². The second kappa shape index (κ2) is 9.22. The zero-order chi connectivity index (χ0) is 20.2. The highest BCUT2D eigenvalue weighted by Crippen LogP contribution is 2.35. The monoisotopic (exact) mass is 453 g/mol. The smallest absolute Gasteiger partial charge is 0.348 e. The van der Waals surface area contributed by atoms with Gasteiger partial charge in [0, 0.05) is 18.7 Å². The summed E-state index contributed by atoms with van der Waals surface area (Å²) in [5.74, 6) is -0.652. The van der Waals surface area contributed by atoms with E-state index in [2.05, 4.69) is 9.46 Å². The predicted molar refractivity (Wildman–Crippen MR) is 103 cm³/mol. The van der Waals surface area contributed by atoms with Gasteiger partial charge in [-0.1, -0.05) is 29.3 Å². The van der Waals surface area contributed by atoms with Crippen molar-refractivity contribution in [1.82, 2.24) is 4.72 Å². The van der Waals surface area contributed by atoms with Crippen molar-refractivity contribution in [2.45, 2.75) is 16.7 Å². The van der Waals surface area contributed by atoms with Crippen LogP contribution in [0.15, 0.2) is 28.5 Å². The number of rotatable bonds is 8. The lowest BCUT2D eigenvalue weighted by atomic mass is 10.1. The Labute approximate surface area is 170 Å². The van der Waals surface area contributed by atoms with E-state index < -0.39 is 22.0 Å². The first-order valence-corrected chi connectivity index (χ1v) is 10.6. The molecule has 1 aromatic heterocycles. The van der Waals surface area contributed by atoms with Crippen LogP contribution in [-0.4, -0.2) is 40.3 Å². The third-order valence-electron chi connectivity index (χ3n) is 3.58. The molecule has 0 aliphatic rings. The zero-order valence-corrected chi connectivity index (χ0v) is 17.5. The molecule has 7 nitrogen and oxygen atoms in total. The lowest BCUT2D eigenvalue weighted by Gasteiger charge is -2.18. The molecule has 0 saturated carbocycles. The number of nitrogens with one attached hydrogen (secondary N) is 1. The summed E-state index contributed by atoms with van der Waals surface area (Å²) in [6, 6.07) is 5.22. The normalized spacial score (nSPS) is 12.6. The van der Waals surface area contributed by atoms with Crippen molar-refractivity contribution >= 4 is 50.5 Å². The summed E-state index contributed by atoms with van der Waals surface area (Å²) in [5.41, 5.74) is 0.533. The summed E-state index contributed by atoms with van der Waals surface area (Å²) in [4.78, 5) is 11.8. The summed E-state index contributed by atoms with van der Waals surface area (Å²) in [7, 11) is -1.57. The molecule has 0 bridgehead atoms. The lowest BCUT2D eigenvalue weighted by Crippen LogP contribution is -2.29. The third kappa shape index (κ3) is 5.13. The molecule has 0 aliphatic heterocycles. The maximum atomic E-state index is 12.9. The van der Waals surface area contributed by atoms with E-state index in [9.17, 15) is 18.3 Å². The molecule has 0 spiro atoms. The summed E-state index contributed by atoms with van der Waals surface area (Å²) in [6.07, 6.45) is 0.106. The van der Waals surface area contributed by atoms with Crippen molar-refractivity contribution in [3.05, 3.63) is 44.8 Å². The van der Waals surface area contributed by atoms with Crippen LogP contribution in [0.25, 0.3) is 0 Å². The Bertz CT molecular complexity index is 929. The predicted octanol–water partition coefficient (Wildman–Crippen LogP) is 3.25. The molecule has 2 aromatic rings. The standard InChI is InChI=1S/C16H17Cl2NO6S2/c1-24-13-8-14(15(21)25-2)26-16(13)27(22,23)19-12(5-6-20)9-3-4-10(17)11(18)7-9/h3-4,7-8,12,19-20H,5-6H2,1-2H3. The van der Waals surface area contributed by atoms with Gasteiger partial charge >= 0.3 is 5.97 Å². The van der Waals surface area contributed by atoms with E-state index in [-0.39, 0.29) is 32.9 Å². The number of thiophene rings is 1. The minimum absolute atomic E-state index is 0.0183. The molecule has 1 atom stereocenters. The molecule has 11 heteroatoms. The van der Waals surface area contributed by atoms with Gasteiger partial charge in [0.25, 0.3) is 10.0 Å². The molecule has 0 saturated heterocycles. The van der Waals surface area contributed by atoms with Crippen LogP contribution in [0.1, 0.15) is 27.7 Å². The molecule has 1 heterocycles. The maximum Gasteiger partial charge on any atom is 0.348 e. The number of halogens is 2. The second-order valence-corrected chi connectivity index (χ2v) is 9.09. The average Bonchev–Trinajstić information content (AvgIpc) is 3.08. The average molecular weight is 454 g/mol. The van der Waals surface area contributed by atoms with E-state index >= 15 is 0 Å². The molecule has 0 aliphatic carbocycles. The van der Waals surface area contributed by atoms with Gasteiger partial charge in [-0.3, -0.25) is 0 Å². The van der Waals surface area contributed by atoms with Crippen LogP contribution < -0.4 is 9.46 Å². The van der Waals surface area contributed by atoms with Gasteiger partial charge in [0.05, 0.1) is 24.3 Å². The van der Waals surface area contributed by atoms with Crippen molar-refractivity contribution < 1.29 is 27.8 Å². The molecule has 1 unspecified atom stereocenters. The quantitative estimate of drug-likeness (QED) is 0.594. The van der Waals surface area contributed by atoms with Gasteiger partial charge in [0.2, 0.25) is 0 Å². The fourth-order valence-corrected chi connectivity index (χ4v) is 5.36. The second-order valence-electron chi connectivity index (χ2n) is 5.32. The van der Waals surface area contributed by atoms with Crippen LogP contribution in [0.3, 0.4) is 0 Å². The van der Waals surface area contributed by atoms with Crippen LogP contribution in [0, 0.1) is 0 Å². The number of hydrogen-bond donors (Lipinski definition) is 2. The summed E-state index contributed by atoms with van der Waals surface area (Å²) in [5, 5.41) is 9.91. The molecule has 0 amide bonds. The Kier molecular flexibility index (Phi) is 7.49. The van der Waals surface area contributed by atoms with Gasteiger partial charge in [-0.15, -0.1) is 11.3 Å². The van der Waals surface area contributed by atoms with Crippen molar-refractivity contribution in [2.24, 2.45) is 0 Å². The number of aliphatic hydroxyl groups excluding tert-OH is 1. The van der Waals surface area contributed by atoms with Crippen molar-refractivity contribution in [2.75, 3.05) is 20.8 Å². The molecule has 1 aromatic carbocycles. The molecule has 27 heavy (non-hydrogen) atoms. The number of carbonyl (C=O) groups excluding carboxylic acids is 1. The Hall–Kier alpha value is -1.36. The number of methoxy groups -OCH3 is 2. The zero-order valence-electron chi connectivity index (χ0n) is 14.4. The van der Waals surface area contributed by atoms with Crippen LogP contribution in [0.4, 0.5) is 0 Å². The third-order valence-corrected chi connectivity index (χ3v) is 7.40. The van der Waals surface area contributed by atoms with Gasteiger partial charge in [0.15, 0.2) is 9.96 Å². The van der Waals surface area contributed by atoms with E-state index in [1.54, 1.807) is 12.1 Å². The molecular weight excluding hydrogens is 437 g/mol. The first-order valence-electron chi connectivity index (χ1n) is 7.57. The van der Waals surface area contributed by atoms with Gasteiger partial charge < -0.3 is 14.6 Å². The summed E-state index contributed by atoms with van der Waals surface area (Å²) < 4.78 is 37.8. The van der Waals surface area contributed by atoms with E-state index in [4.69, 9.17) is 27.9 Å². The lowest BCUT2D eigenvalue weighted by molar-refractivity contribution is 0.0606. The molecule has 0 fully saturated rings. The fourth-order valence-electron chi connectivity index (χ4n) is 2.28. The van der Waals surface area contributed by atoms with Crippen LogP contribution in [-0.2, 0) is 14.8 Å². The van der Waals surface area contributed by atoms with E-state index in [1.165, 1.54) is 26.4 Å². The van der Waals surface area contributed by atoms with Crippen LogP contribution in [0.2, 0.25) is 10.0 Å². The molecule has 0 radical (unpaired) electrons. The van der Waals surface area contributed by atoms with E-state index in [1.807, 2.05) is 0 Å². The highest BCUT2D eigenvalue weighted by Gasteiger charge is 2.29. The SMILES string of the molecule is COC(=O)c1cc(OC)c(S(=O)(=O)NC(CCO)c2ccc(Cl)c(Cl)c2)s1. The highest BCUT2D eigenvalue weighted by atomic mass is 35.5. The number of sulfonamides is 1. The van der Waals surface area contributed by atoms with Crippen molar-refractivity contribution in [3.8, 4) is 5.75 Å². The summed E-state index contributed by atoms with van der Waals surface area (Å²) in [6.45, 7) is -0.261. The van der Waals surface area contributed by atoms with Gasteiger partial charge in [-0.25, -0.2) is 17.9 Å². The van der Waals surface area contributed by atoms with Crippen molar-refractivity contribution in [1.29, 1.82) is 0 Å². The number of carbonyl (C=O) groups is 1. The first-order chi connectivity index (χ1) is 12.7. The molecule has 148 valence electrons. The van der Waals surface area contributed by atoms with Crippen molar-refractivity contribution in [3.63, 3.8) is 0 Å². The fraction of sp³-hybridized carbons (Fsp3) is 0.312. The first kappa shape index (κ1) is 21.9. The summed E-state index contributed by atoms with van der Waals surface area (Å²) >= 11 is 12.6. The van der Waals surface area contributed by atoms with E-state index in [0.717, 1.165) is 11.3 Å². The molecule has 2 N–H and O–H groups in total. The number of aliphatic hydroxyl groups is 1. The topological polar surface area (TPSA) is 102 Å². The Balaban J connectivity index is 2.40. The number of hydrogen-bond acceptors (Lipinski definition) is 7. The maximum absolute atomic E-state index is 12.9. The molecule has 2 rings (SSSR count). The Morgan fingerprint density at radius 2 is 1.96 bits per heavy atom. The molecular formula is C16H17Cl2NO6S2. The number of esters is 1. The largest absolute Gasteiger partial charge is 0.494 e. The van der Waals surface area contributed by atoms with Gasteiger partial charge in [0.1, 0.15) is 4.88 Å². The Morgan fingerprint density at radius 1 is 1.26 bits per heavy atom. The number of benzene rings is 1. The Morgan fingerprint density at radius 3 is 2.52 bits per heavy atom. The number of ether oxygens (including phenoxy) is 2. The van der Waals surface area contributed by atoms with E-state index in [0.29, 0.717) is 10.6 Å². The van der Waals surface area contributed by atoms with Gasteiger partial charge in [-0.2, -0.15) is 0 Å². The minimum Gasteiger partial charge on any atom is -0.494 e. The van der Waals surface area contributed by atoms with Crippen LogP contribution in [0.5, 0.6) is 5.75 Å². The highest BCUT2D eigenvalue weighted by molar-refractivity contribution is 7.91.